The molecule has 1 aliphatic rings. The molecule has 1 heterocycles. The zero-order valence-electron chi connectivity index (χ0n) is 9.43. The van der Waals surface area contributed by atoms with Gasteiger partial charge in [-0.05, 0) is 6.92 Å². The molecule has 2 amide bonds. The van der Waals surface area contributed by atoms with Crippen molar-refractivity contribution in [2.75, 3.05) is 19.6 Å². The number of nitrogens with zero attached hydrogens (tertiary/aromatic N) is 2. The van der Waals surface area contributed by atoms with Crippen molar-refractivity contribution < 1.29 is 14.7 Å². The highest BCUT2D eigenvalue weighted by Crippen LogP contribution is 2.13. The van der Waals surface area contributed by atoms with Gasteiger partial charge in [-0.3, -0.25) is 4.79 Å². The average molecular weight is 214 g/mol. The molecule has 0 unspecified atom stereocenters. The van der Waals surface area contributed by atoms with Crippen molar-refractivity contribution in [1.29, 1.82) is 0 Å². The maximum atomic E-state index is 11.7. The van der Waals surface area contributed by atoms with E-state index in [9.17, 15) is 9.59 Å². The fourth-order valence-electron chi connectivity index (χ4n) is 1.79. The smallest absolute Gasteiger partial charge is 0.407 e. The van der Waals surface area contributed by atoms with Gasteiger partial charge < -0.3 is 14.9 Å². The Morgan fingerprint density at radius 3 is 2.33 bits per heavy atom. The van der Waals surface area contributed by atoms with E-state index in [0.29, 0.717) is 19.6 Å². The highest BCUT2D eigenvalue weighted by molar-refractivity contribution is 5.78. The number of amides is 2. The van der Waals surface area contributed by atoms with Crippen LogP contribution in [0.15, 0.2) is 0 Å². The van der Waals surface area contributed by atoms with Gasteiger partial charge in [0.15, 0.2) is 0 Å². The zero-order valence-corrected chi connectivity index (χ0v) is 9.43. The summed E-state index contributed by atoms with van der Waals surface area (Å²) in [7, 11) is 0. The standard InChI is InChI=1S/C10H18N2O3/c1-7(2)9(13)12-5-4-11(10(14)15)6-8(12)3/h7-8H,4-6H2,1-3H3,(H,14,15)/t8-/m1/s1. The van der Waals surface area contributed by atoms with Gasteiger partial charge in [-0.25, -0.2) is 4.79 Å². The van der Waals surface area contributed by atoms with Gasteiger partial charge in [-0.2, -0.15) is 0 Å². The summed E-state index contributed by atoms with van der Waals surface area (Å²) in [4.78, 5) is 25.6. The minimum absolute atomic E-state index is 0.0234. The molecule has 1 saturated heterocycles. The molecule has 0 aromatic heterocycles. The van der Waals surface area contributed by atoms with Crippen LogP contribution in [-0.2, 0) is 4.79 Å². The van der Waals surface area contributed by atoms with E-state index in [1.54, 1.807) is 4.90 Å². The van der Waals surface area contributed by atoms with E-state index in [4.69, 9.17) is 5.11 Å². The van der Waals surface area contributed by atoms with E-state index >= 15 is 0 Å². The van der Waals surface area contributed by atoms with Crippen molar-refractivity contribution in [2.45, 2.75) is 26.8 Å². The van der Waals surface area contributed by atoms with Crippen molar-refractivity contribution in [1.82, 2.24) is 9.80 Å². The highest BCUT2D eigenvalue weighted by atomic mass is 16.4. The normalized spacial score (nSPS) is 22.0. The topological polar surface area (TPSA) is 60.9 Å². The van der Waals surface area contributed by atoms with E-state index < -0.39 is 6.09 Å². The van der Waals surface area contributed by atoms with Crippen LogP contribution in [0.2, 0.25) is 0 Å². The molecule has 86 valence electrons. The van der Waals surface area contributed by atoms with E-state index in [-0.39, 0.29) is 17.9 Å². The van der Waals surface area contributed by atoms with Crippen LogP contribution in [0.4, 0.5) is 4.79 Å². The maximum absolute atomic E-state index is 11.7. The number of carboxylic acid groups (broad SMARTS) is 1. The quantitative estimate of drug-likeness (QED) is 0.704. The largest absolute Gasteiger partial charge is 0.465 e. The molecule has 1 rings (SSSR count). The maximum Gasteiger partial charge on any atom is 0.407 e. The zero-order chi connectivity index (χ0) is 11.6. The van der Waals surface area contributed by atoms with Gasteiger partial charge in [0.1, 0.15) is 0 Å². The Bertz CT molecular complexity index is 265. The van der Waals surface area contributed by atoms with Crippen LogP contribution in [0.25, 0.3) is 0 Å². The van der Waals surface area contributed by atoms with Gasteiger partial charge in [0.25, 0.3) is 0 Å². The number of hydrogen-bond acceptors (Lipinski definition) is 2. The molecule has 1 atom stereocenters. The van der Waals surface area contributed by atoms with Crippen LogP contribution in [-0.4, -0.2) is 52.6 Å². The summed E-state index contributed by atoms with van der Waals surface area (Å²) in [6.07, 6.45) is -0.904. The van der Waals surface area contributed by atoms with Crippen LogP contribution < -0.4 is 0 Å². The Morgan fingerprint density at radius 1 is 1.33 bits per heavy atom. The Labute approximate surface area is 89.7 Å². The summed E-state index contributed by atoms with van der Waals surface area (Å²) < 4.78 is 0. The van der Waals surface area contributed by atoms with Crippen LogP contribution in [0.3, 0.4) is 0 Å². The molecule has 1 fully saturated rings. The van der Waals surface area contributed by atoms with Crippen molar-refractivity contribution in [3.8, 4) is 0 Å². The fraction of sp³-hybridized carbons (Fsp3) is 0.800. The molecule has 5 heteroatoms. The molecule has 5 nitrogen and oxygen atoms in total. The van der Waals surface area contributed by atoms with E-state index in [2.05, 4.69) is 0 Å². The third kappa shape index (κ3) is 2.61. The predicted octanol–water partition coefficient (Wildman–Crippen LogP) is 0.853. The number of carbonyl (C=O) groups is 2. The van der Waals surface area contributed by atoms with Crippen molar-refractivity contribution >= 4 is 12.0 Å². The second-order valence-electron chi connectivity index (χ2n) is 4.26. The fourth-order valence-corrected chi connectivity index (χ4v) is 1.79. The molecule has 0 aromatic rings. The minimum atomic E-state index is -0.904. The molecule has 1 aliphatic heterocycles. The Hall–Kier alpha value is -1.26. The lowest BCUT2D eigenvalue weighted by molar-refractivity contribution is -0.138. The molecule has 0 aromatic carbocycles. The van der Waals surface area contributed by atoms with Crippen LogP contribution >= 0.6 is 0 Å². The number of hydrogen-bond donors (Lipinski definition) is 1. The van der Waals surface area contributed by atoms with Gasteiger partial charge in [0, 0.05) is 31.6 Å². The van der Waals surface area contributed by atoms with Crippen molar-refractivity contribution in [3.63, 3.8) is 0 Å². The lowest BCUT2D eigenvalue weighted by Gasteiger charge is -2.39. The van der Waals surface area contributed by atoms with Crippen LogP contribution in [0.1, 0.15) is 20.8 Å². The average Bonchev–Trinajstić information content (AvgIpc) is 2.16. The van der Waals surface area contributed by atoms with Crippen molar-refractivity contribution in [2.24, 2.45) is 5.92 Å². The lowest BCUT2D eigenvalue weighted by Crippen LogP contribution is -2.56. The second-order valence-corrected chi connectivity index (χ2v) is 4.26. The van der Waals surface area contributed by atoms with E-state index in [0.717, 1.165) is 0 Å². The molecule has 0 radical (unpaired) electrons. The molecule has 15 heavy (non-hydrogen) atoms. The third-order valence-electron chi connectivity index (χ3n) is 2.67. The van der Waals surface area contributed by atoms with Gasteiger partial charge >= 0.3 is 6.09 Å². The molecule has 0 aliphatic carbocycles. The number of carbonyl (C=O) groups excluding carboxylic acids is 1. The van der Waals surface area contributed by atoms with Crippen LogP contribution in [0.5, 0.6) is 0 Å². The summed E-state index contributed by atoms with van der Waals surface area (Å²) in [5.74, 6) is 0.0800. The first-order valence-electron chi connectivity index (χ1n) is 5.21. The Balaban J connectivity index is 2.60. The Morgan fingerprint density at radius 2 is 1.93 bits per heavy atom. The predicted molar refractivity (Wildman–Crippen MR) is 55.6 cm³/mol. The first kappa shape index (κ1) is 11.8. The molecule has 0 spiro atoms. The summed E-state index contributed by atoms with van der Waals surface area (Å²) in [5.41, 5.74) is 0. The highest BCUT2D eigenvalue weighted by Gasteiger charge is 2.30. The molecule has 0 bridgehead atoms. The molecule has 1 N–H and O–H groups in total. The van der Waals surface area contributed by atoms with Gasteiger partial charge in [0.05, 0.1) is 0 Å². The second kappa shape index (κ2) is 4.51. The molecule has 0 saturated carbocycles. The Kier molecular flexibility index (Phi) is 3.55. The monoisotopic (exact) mass is 214 g/mol. The van der Waals surface area contributed by atoms with E-state index in [1.165, 1.54) is 4.90 Å². The van der Waals surface area contributed by atoms with Crippen molar-refractivity contribution in [3.05, 3.63) is 0 Å². The summed E-state index contributed by atoms with van der Waals surface area (Å²) in [6, 6.07) is -0.0234. The lowest BCUT2D eigenvalue weighted by atomic mass is 10.1. The SMILES string of the molecule is CC(C)C(=O)N1CCN(C(=O)O)C[C@H]1C. The summed E-state index contributed by atoms with van der Waals surface area (Å²) in [5, 5.41) is 8.81. The van der Waals surface area contributed by atoms with Crippen LogP contribution in [0, 0.1) is 5.92 Å². The first-order valence-corrected chi connectivity index (χ1v) is 5.21. The number of rotatable bonds is 1. The third-order valence-corrected chi connectivity index (χ3v) is 2.67. The summed E-state index contributed by atoms with van der Waals surface area (Å²) >= 11 is 0. The van der Waals surface area contributed by atoms with Gasteiger partial charge in [0.2, 0.25) is 5.91 Å². The molecular weight excluding hydrogens is 196 g/mol. The van der Waals surface area contributed by atoms with Gasteiger partial charge in [-0.1, -0.05) is 13.8 Å². The first-order chi connectivity index (χ1) is 6.93. The molecular formula is C10H18N2O3. The summed E-state index contributed by atoms with van der Waals surface area (Å²) in [6.45, 7) is 6.93. The number of piperazine rings is 1. The minimum Gasteiger partial charge on any atom is -0.465 e. The van der Waals surface area contributed by atoms with Gasteiger partial charge in [-0.15, -0.1) is 0 Å². The van der Waals surface area contributed by atoms with E-state index in [1.807, 2.05) is 20.8 Å².